The first-order valence-corrected chi connectivity index (χ1v) is 14.7. The first kappa shape index (κ1) is 30.2. The SMILES string of the molecule is C=C1NC(=O)C=CN1[C@@H]1O[C@H](COP(=S)(NC(C)C(=O)OCC(C)(C)C)Oc2ccccc2)[C@@H](O)[C@@]1(C)F. The maximum Gasteiger partial charge on any atom is 0.323 e. The minimum atomic E-state index is -3.44. The zero-order valence-corrected chi connectivity index (χ0v) is 23.8. The van der Waals surface area contributed by atoms with E-state index in [1.54, 1.807) is 37.3 Å². The number of halogens is 1. The Morgan fingerprint density at radius 2 is 2.05 bits per heavy atom. The summed E-state index contributed by atoms with van der Waals surface area (Å²) in [5, 5.41) is 16.1. The molecule has 0 radical (unpaired) electrons. The van der Waals surface area contributed by atoms with Gasteiger partial charge in [-0.3, -0.25) is 9.59 Å². The Bertz CT molecular complexity index is 1110. The number of amides is 1. The van der Waals surface area contributed by atoms with Crippen LogP contribution < -0.4 is 14.9 Å². The molecule has 3 rings (SSSR count). The highest BCUT2D eigenvalue weighted by molar-refractivity contribution is 8.09. The van der Waals surface area contributed by atoms with Gasteiger partial charge in [-0.2, -0.15) is 0 Å². The number of carbonyl (C=O) groups excluding carboxylic acids is 2. The summed E-state index contributed by atoms with van der Waals surface area (Å²) in [7, 11) is 0. The van der Waals surface area contributed by atoms with Gasteiger partial charge in [0.2, 0.25) is 0 Å². The van der Waals surface area contributed by atoms with E-state index < -0.39 is 48.7 Å². The van der Waals surface area contributed by atoms with Crippen LogP contribution in [-0.2, 0) is 35.4 Å². The van der Waals surface area contributed by atoms with Crippen LogP contribution in [0.4, 0.5) is 4.39 Å². The number of hydrogen-bond donors (Lipinski definition) is 3. The number of para-hydroxylation sites is 1. The molecule has 10 nitrogen and oxygen atoms in total. The van der Waals surface area contributed by atoms with Gasteiger partial charge < -0.3 is 33.8 Å². The van der Waals surface area contributed by atoms with E-state index in [1.807, 2.05) is 20.8 Å². The van der Waals surface area contributed by atoms with E-state index in [0.29, 0.717) is 5.75 Å². The number of hydrogen-bond acceptors (Lipinski definition) is 9. The van der Waals surface area contributed by atoms with Gasteiger partial charge in [-0.05, 0) is 43.2 Å². The summed E-state index contributed by atoms with van der Waals surface area (Å²) in [6.45, 7) is 8.69. The largest absolute Gasteiger partial charge is 0.464 e. The van der Waals surface area contributed by atoms with Crippen LogP contribution in [0.5, 0.6) is 5.75 Å². The van der Waals surface area contributed by atoms with Crippen LogP contribution in [0.15, 0.2) is 55.0 Å². The molecule has 1 fully saturated rings. The molecule has 1 saturated heterocycles. The molecule has 13 heteroatoms. The van der Waals surface area contributed by atoms with Crippen molar-refractivity contribution in [3.05, 3.63) is 55.0 Å². The molecule has 3 N–H and O–H groups in total. The second kappa shape index (κ2) is 11.8. The second-order valence-corrected chi connectivity index (χ2v) is 13.6. The maximum absolute atomic E-state index is 15.7. The average Bonchev–Trinajstić information content (AvgIpc) is 3.04. The lowest BCUT2D eigenvalue weighted by Crippen LogP contribution is -2.51. The fourth-order valence-corrected chi connectivity index (χ4v) is 6.06. The van der Waals surface area contributed by atoms with E-state index in [9.17, 15) is 14.7 Å². The van der Waals surface area contributed by atoms with Gasteiger partial charge in [-0.25, -0.2) is 9.48 Å². The fraction of sp³-hybridized carbons (Fsp3) is 0.520. The van der Waals surface area contributed by atoms with E-state index in [4.69, 9.17) is 30.3 Å². The monoisotopic (exact) mass is 571 g/mol. The highest BCUT2D eigenvalue weighted by atomic mass is 32.5. The summed E-state index contributed by atoms with van der Waals surface area (Å²) in [5.74, 6) is -0.460. The van der Waals surface area contributed by atoms with E-state index in [2.05, 4.69) is 17.0 Å². The molecule has 0 aromatic heterocycles. The summed E-state index contributed by atoms with van der Waals surface area (Å²) < 4.78 is 38.7. The number of carbonyl (C=O) groups is 2. The van der Waals surface area contributed by atoms with Gasteiger partial charge in [0, 0.05) is 12.3 Å². The second-order valence-electron chi connectivity index (χ2n) is 10.5. The predicted molar refractivity (Wildman–Crippen MR) is 143 cm³/mol. The number of benzene rings is 1. The molecule has 2 aliphatic rings. The Morgan fingerprint density at radius 3 is 2.66 bits per heavy atom. The van der Waals surface area contributed by atoms with Crippen LogP contribution in [0.3, 0.4) is 0 Å². The molecule has 2 heterocycles. The minimum Gasteiger partial charge on any atom is -0.464 e. The third kappa shape index (κ3) is 7.62. The molecular weight excluding hydrogens is 536 g/mol. The van der Waals surface area contributed by atoms with Crippen LogP contribution >= 0.6 is 6.64 Å². The van der Waals surface area contributed by atoms with Crippen LogP contribution in [0.25, 0.3) is 0 Å². The van der Waals surface area contributed by atoms with Crippen molar-refractivity contribution in [1.29, 1.82) is 0 Å². The van der Waals surface area contributed by atoms with Crippen molar-refractivity contribution in [1.82, 2.24) is 15.3 Å². The van der Waals surface area contributed by atoms with Gasteiger partial charge in [0.25, 0.3) is 5.91 Å². The van der Waals surface area contributed by atoms with Crippen LogP contribution in [-0.4, -0.2) is 65.2 Å². The van der Waals surface area contributed by atoms with Crippen molar-refractivity contribution < 1.29 is 37.6 Å². The van der Waals surface area contributed by atoms with Gasteiger partial charge in [0.1, 0.15) is 29.8 Å². The Kier molecular flexibility index (Phi) is 9.39. The first-order chi connectivity index (χ1) is 17.6. The van der Waals surface area contributed by atoms with Crippen molar-refractivity contribution in [2.24, 2.45) is 5.41 Å². The number of nitrogens with zero attached hydrogens (tertiary/aromatic N) is 1. The molecule has 6 atom stereocenters. The van der Waals surface area contributed by atoms with E-state index in [0.717, 1.165) is 0 Å². The van der Waals surface area contributed by atoms with Crippen LogP contribution in [0, 0.1) is 5.41 Å². The number of esters is 1. The zero-order chi connectivity index (χ0) is 28.3. The Labute approximate surface area is 227 Å². The average molecular weight is 572 g/mol. The van der Waals surface area contributed by atoms with Gasteiger partial charge in [-0.15, -0.1) is 0 Å². The molecule has 0 saturated carbocycles. The van der Waals surface area contributed by atoms with Gasteiger partial charge in [0.05, 0.1) is 13.2 Å². The molecular formula is C25H35FN3O7PS. The predicted octanol–water partition coefficient (Wildman–Crippen LogP) is 3.10. The molecule has 0 aliphatic carbocycles. The smallest absolute Gasteiger partial charge is 0.323 e. The first-order valence-electron chi connectivity index (χ1n) is 12.0. The Morgan fingerprint density at radius 1 is 1.39 bits per heavy atom. The quantitative estimate of drug-likeness (QED) is 0.286. The third-order valence-electron chi connectivity index (χ3n) is 5.67. The summed E-state index contributed by atoms with van der Waals surface area (Å²) in [6, 6.07) is 7.76. The summed E-state index contributed by atoms with van der Waals surface area (Å²) in [6.07, 6.45) is -1.54. The molecule has 0 bridgehead atoms. The molecule has 210 valence electrons. The zero-order valence-electron chi connectivity index (χ0n) is 22.0. The minimum absolute atomic E-state index is 0.0990. The van der Waals surface area contributed by atoms with Crippen molar-refractivity contribution in [3.8, 4) is 5.75 Å². The topological polar surface area (TPSA) is 119 Å². The standard InChI is InChI=1S/C25H35FN3O7PS/c1-16(22(32)33-15-24(3,4)5)28-37(38,36-18-10-8-7-9-11-18)34-14-19-21(31)25(6,26)23(35-19)29-13-12-20(30)27-17(29)2/h7-13,16,19,21,23,31H,2,14-15H2,1,3-6H3,(H,27,30)(H,28,38)/t16?,19-,21-,23-,25-,37?/m1/s1. The number of aliphatic hydroxyl groups excluding tert-OH is 1. The van der Waals surface area contributed by atoms with Gasteiger partial charge >= 0.3 is 12.6 Å². The molecule has 1 aromatic rings. The lowest BCUT2D eigenvalue weighted by Gasteiger charge is -2.35. The van der Waals surface area contributed by atoms with E-state index in [1.165, 1.54) is 24.1 Å². The number of nitrogens with one attached hydrogen (secondary N) is 2. The highest BCUT2D eigenvalue weighted by Crippen LogP contribution is 2.47. The summed E-state index contributed by atoms with van der Waals surface area (Å²) >= 11 is 5.69. The third-order valence-corrected chi connectivity index (χ3v) is 8.17. The lowest BCUT2D eigenvalue weighted by atomic mass is 9.98. The fourth-order valence-electron chi connectivity index (χ4n) is 3.64. The number of alkyl halides is 1. The molecule has 2 aliphatic heterocycles. The van der Waals surface area contributed by atoms with Gasteiger partial charge in [0.15, 0.2) is 11.9 Å². The number of rotatable bonds is 10. The number of aliphatic hydroxyl groups is 1. The Balaban J connectivity index is 1.74. The molecule has 1 aromatic carbocycles. The van der Waals surface area contributed by atoms with Gasteiger partial charge in [-0.1, -0.05) is 45.5 Å². The van der Waals surface area contributed by atoms with Crippen molar-refractivity contribution in [2.45, 2.75) is 64.8 Å². The van der Waals surface area contributed by atoms with Crippen molar-refractivity contribution in [2.75, 3.05) is 13.2 Å². The van der Waals surface area contributed by atoms with Crippen molar-refractivity contribution in [3.63, 3.8) is 0 Å². The van der Waals surface area contributed by atoms with E-state index >= 15 is 4.39 Å². The van der Waals surface area contributed by atoms with E-state index in [-0.39, 0.29) is 24.4 Å². The normalized spacial score (nSPS) is 28.0. The summed E-state index contributed by atoms with van der Waals surface area (Å²) in [4.78, 5) is 25.4. The van der Waals surface area contributed by atoms with Crippen molar-refractivity contribution >= 4 is 30.3 Å². The molecule has 38 heavy (non-hydrogen) atoms. The number of ether oxygens (including phenoxy) is 2. The molecule has 2 unspecified atom stereocenters. The molecule has 1 amide bonds. The maximum atomic E-state index is 15.7. The summed E-state index contributed by atoms with van der Waals surface area (Å²) in [5.41, 5.74) is -2.49. The Hall–Kier alpha value is -2.34. The van der Waals surface area contributed by atoms with Crippen LogP contribution in [0.2, 0.25) is 0 Å². The molecule has 0 spiro atoms. The lowest BCUT2D eigenvalue weighted by molar-refractivity contribution is -0.148. The highest BCUT2D eigenvalue weighted by Gasteiger charge is 2.57. The van der Waals surface area contributed by atoms with Crippen LogP contribution in [0.1, 0.15) is 34.6 Å².